The Hall–Kier alpha value is -3.00. The molecule has 0 amide bonds. The lowest BCUT2D eigenvalue weighted by Crippen LogP contribution is -2.10. The SMILES string of the molecule is C/N=N/c1c(S(=O)(=O)O)cc2c(SOOO)cc(/N=N/c3ccc(S(=O)(=O)CCOSOOO)cc3)c(N)c2c1O. The van der Waals surface area contributed by atoms with Gasteiger partial charge in [-0.1, -0.05) is 10.1 Å². The number of azo groups is 2. The zero-order chi connectivity index (χ0) is 30.2. The van der Waals surface area contributed by atoms with E-state index >= 15 is 0 Å². The Labute approximate surface area is 239 Å². The summed E-state index contributed by atoms with van der Waals surface area (Å²) in [7, 11) is -7.44. The highest BCUT2D eigenvalue weighted by molar-refractivity contribution is 7.94. The van der Waals surface area contributed by atoms with Crippen molar-refractivity contribution in [3.8, 4) is 5.75 Å². The normalized spacial score (nSPS) is 12.7. The first-order chi connectivity index (χ1) is 19.4. The number of phenols is 1. The van der Waals surface area contributed by atoms with Crippen molar-refractivity contribution < 1.29 is 59.9 Å². The van der Waals surface area contributed by atoms with Gasteiger partial charge in [0.15, 0.2) is 27.9 Å². The van der Waals surface area contributed by atoms with Crippen LogP contribution in [-0.2, 0) is 42.9 Å². The molecule has 3 aromatic carbocycles. The van der Waals surface area contributed by atoms with Crippen molar-refractivity contribution in [3.05, 3.63) is 36.4 Å². The minimum atomic E-state index is -4.90. The third-order valence-corrected chi connectivity index (χ3v) is 8.55. The first-order valence-electron chi connectivity index (χ1n) is 10.5. The lowest BCUT2D eigenvalue weighted by molar-refractivity contribution is -0.434. The maximum Gasteiger partial charge on any atom is 0.296 e. The molecule has 0 bridgehead atoms. The molecule has 0 saturated heterocycles. The lowest BCUT2D eigenvalue weighted by Gasteiger charge is -2.14. The van der Waals surface area contributed by atoms with Crippen LogP contribution in [0.25, 0.3) is 10.8 Å². The summed E-state index contributed by atoms with van der Waals surface area (Å²) < 4.78 is 71.6. The van der Waals surface area contributed by atoms with Gasteiger partial charge in [0.2, 0.25) is 0 Å². The molecule has 0 fully saturated rings. The van der Waals surface area contributed by atoms with Crippen molar-refractivity contribution in [2.24, 2.45) is 20.5 Å². The van der Waals surface area contributed by atoms with E-state index in [4.69, 9.17) is 20.4 Å². The standard InChI is InChI=1S/C19H19N5O13S4/c1-21-24-18-15(41(30,31)32)8-12-14(38-36-34-26)9-13(17(20)16(12)19(18)25)23-22-10-2-4-11(5-3-10)40(28,29)7-6-33-39-37-35-27/h2-5,8-9,25-27H,6-7,20H2,1H3,(H,30,31,32)/b23-22+,24-21+. The Morgan fingerprint density at radius 1 is 0.976 bits per heavy atom. The molecule has 0 heterocycles. The van der Waals surface area contributed by atoms with Crippen molar-refractivity contribution in [2.45, 2.75) is 14.7 Å². The number of sulfone groups is 1. The average Bonchev–Trinajstić information content (AvgIpc) is 2.92. The fraction of sp³-hybridized carbons (Fsp3) is 0.158. The van der Waals surface area contributed by atoms with Crippen LogP contribution in [0.2, 0.25) is 0 Å². The molecule has 18 nitrogen and oxygen atoms in total. The maximum absolute atomic E-state index is 12.4. The van der Waals surface area contributed by atoms with E-state index in [1.165, 1.54) is 37.4 Å². The van der Waals surface area contributed by atoms with Crippen molar-refractivity contribution >= 4 is 77.8 Å². The molecule has 0 aromatic heterocycles. The van der Waals surface area contributed by atoms with E-state index < -0.39 is 42.0 Å². The highest BCUT2D eigenvalue weighted by Crippen LogP contribution is 2.49. The summed E-state index contributed by atoms with van der Waals surface area (Å²) in [6.45, 7) is -0.273. The second-order valence-electron chi connectivity index (χ2n) is 7.35. The van der Waals surface area contributed by atoms with E-state index in [0.29, 0.717) is 12.0 Å². The Balaban J connectivity index is 2.01. The van der Waals surface area contributed by atoms with Crippen LogP contribution in [0.3, 0.4) is 0 Å². The molecule has 22 heteroatoms. The van der Waals surface area contributed by atoms with Crippen molar-refractivity contribution in [2.75, 3.05) is 25.1 Å². The van der Waals surface area contributed by atoms with Crippen LogP contribution in [-0.4, -0.2) is 56.4 Å². The monoisotopic (exact) mass is 653 g/mol. The van der Waals surface area contributed by atoms with Crippen LogP contribution in [0.15, 0.2) is 71.5 Å². The van der Waals surface area contributed by atoms with E-state index in [2.05, 4.69) is 39.2 Å². The zero-order valence-corrected chi connectivity index (χ0v) is 23.6. The molecule has 41 heavy (non-hydrogen) atoms. The van der Waals surface area contributed by atoms with Crippen LogP contribution >= 0.6 is 24.4 Å². The molecular formula is C19H19N5O13S4. The highest BCUT2D eigenvalue weighted by Gasteiger charge is 2.26. The number of nitrogens with zero attached hydrogens (tertiary/aromatic N) is 4. The van der Waals surface area contributed by atoms with Gasteiger partial charge in [0.05, 0.1) is 46.1 Å². The summed E-state index contributed by atoms with van der Waals surface area (Å²) in [4.78, 5) is -0.830. The highest BCUT2D eigenvalue weighted by atomic mass is 32.2. The smallest absolute Gasteiger partial charge is 0.296 e. The number of hydrogen-bond acceptors (Lipinski definition) is 19. The number of nitrogens with two attached hydrogens (primary N) is 1. The topological polar surface area (TPSA) is 271 Å². The average molecular weight is 654 g/mol. The number of benzene rings is 3. The number of phenolic OH excluding ortho intramolecular Hbond substituents is 1. The summed E-state index contributed by atoms with van der Waals surface area (Å²) in [5.41, 5.74) is 5.53. The molecule has 3 rings (SSSR count). The van der Waals surface area contributed by atoms with E-state index in [9.17, 15) is 26.5 Å². The van der Waals surface area contributed by atoms with Crippen molar-refractivity contribution in [1.29, 1.82) is 0 Å². The van der Waals surface area contributed by atoms with Gasteiger partial charge in [0.1, 0.15) is 16.3 Å². The Bertz CT molecular complexity index is 1670. The molecule has 0 radical (unpaired) electrons. The van der Waals surface area contributed by atoms with Gasteiger partial charge in [-0.05, 0) is 36.4 Å². The lowest BCUT2D eigenvalue weighted by atomic mass is 10.0. The minimum Gasteiger partial charge on any atom is -0.505 e. The van der Waals surface area contributed by atoms with Crippen LogP contribution in [0.5, 0.6) is 5.75 Å². The van der Waals surface area contributed by atoms with Crippen LogP contribution in [0.1, 0.15) is 0 Å². The van der Waals surface area contributed by atoms with Gasteiger partial charge in [-0.2, -0.15) is 23.8 Å². The molecule has 0 aliphatic rings. The fourth-order valence-electron chi connectivity index (χ4n) is 3.27. The number of anilines is 1. The molecule has 0 aliphatic heterocycles. The summed E-state index contributed by atoms with van der Waals surface area (Å²) in [5, 5.41) is 49.2. The van der Waals surface area contributed by atoms with Gasteiger partial charge in [-0.15, -0.1) is 13.8 Å². The molecule has 0 saturated carbocycles. The molecule has 222 valence electrons. The quantitative estimate of drug-likeness (QED) is 0.0300. The summed E-state index contributed by atoms with van der Waals surface area (Å²) in [6, 6.07) is 7.44. The van der Waals surface area contributed by atoms with Gasteiger partial charge in [-0.3, -0.25) is 8.74 Å². The number of aromatic hydroxyl groups is 1. The molecular weight excluding hydrogens is 634 g/mol. The first-order valence-corrected chi connectivity index (χ1v) is 15.0. The predicted molar refractivity (Wildman–Crippen MR) is 142 cm³/mol. The zero-order valence-electron chi connectivity index (χ0n) is 20.3. The van der Waals surface area contributed by atoms with Gasteiger partial charge >= 0.3 is 0 Å². The van der Waals surface area contributed by atoms with E-state index in [1.807, 2.05) is 0 Å². The molecule has 3 aromatic rings. The van der Waals surface area contributed by atoms with Crippen LogP contribution < -0.4 is 5.73 Å². The fourth-order valence-corrected chi connectivity index (χ4v) is 5.84. The molecule has 0 unspecified atom stereocenters. The molecule has 0 spiro atoms. The first kappa shape index (κ1) is 32.5. The summed E-state index contributed by atoms with van der Waals surface area (Å²) in [5.74, 6) is -1.18. The van der Waals surface area contributed by atoms with E-state index in [-0.39, 0.29) is 56.6 Å². The Kier molecular flexibility index (Phi) is 11.3. The van der Waals surface area contributed by atoms with Gasteiger partial charge < -0.3 is 10.8 Å². The van der Waals surface area contributed by atoms with E-state index in [1.54, 1.807) is 0 Å². The number of hydrogen-bond donors (Lipinski definition) is 5. The number of fused-ring (bicyclic) bond motifs is 1. The summed E-state index contributed by atoms with van der Waals surface area (Å²) >= 11 is 0.623. The third-order valence-electron chi connectivity index (χ3n) is 4.96. The second kappa shape index (κ2) is 14.3. The largest absolute Gasteiger partial charge is 0.505 e. The van der Waals surface area contributed by atoms with Crippen LogP contribution in [0.4, 0.5) is 22.7 Å². The van der Waals surface area contributed by atoms with Crippen molar-refractivity contribution in [3.63, 3.8) is 0 Å². The van der Waals surface area contributed by atoms with Gasteiger partial charge in [-0.25, -0.2) is 18.9 Å². The Morgan fingerprint density at radius 3 is 2.27 bits per heavy atom. The van der Waals surface area contributed by atoms with E-state index in [0.717, 1.165) is 6.07 Å². The molecule has 0 atom stereocenters. The number of nitrogen functional groups attached to an aromatic ring is 1. The summed E-state index contributed by atoms with van der Waals surface area (Å²) in [6.07, 6.45) is 0. The predicted octanol–water partition coefficient (Wildman–Crippen LogP) is 4.71. The molecule has 0 aliphatic carbocycles. The van der Waals surface area contributed by atoms with Gasteiger partial charge in [0.25, 0.3) is 10.1 Å². The van der Waals surface area contributed by atoms with Crippen LogP contribution in [0, 0.1) is 0 Å². The molecule has 6 N–H and O–H groups in total. The van der Waals surface area contributed by atoms with Crippen molar-refractivity contribution in [1.82, 2.24) is 0 Å². The minimum absolute atomic E-state index is 0.00941. The maximum atomic E-state index is 12.4. The Morgan fingerprint density at radius 2 is 1.66 bits per heavy atom. The second-order valence-corrected chi connectivity index (χ2v) is 12.1. The third kappa shape index (κ3) is 8.06. The van der Waals surface area contributed by atoms with Gasteiger partial charge in [0, 0.05) is 17.3 Å². The number of rotatable bonds is 14.